The number of nitrogens with one attached hydrogen (secondary N) is 1. The average molecular weight is 243 g/mol. The van der Waals surface area contributed by atoms with E-state index in [4.69, 9.17) is 9.47 Å². The van der Waals surface area contributed by atoms with Gasteiger partial charge in [0.15, 0.2) is 11.5 Å². The molecule has 2 aromatic carbocycles. The molecule has 0 aromatic heterocycles. The molecule has 18 heavy (non-hydrogen) atoms. The van der Waals surface area contributed by atoms with Crippen LogP contribution in [0, 0.1) is 0 Å². The number of anilines is 1. The maximum Gasteiger partial charge on any atom is 0.231 e. The number of fused-ring (bicyclic) bond motifs is 1. The number of ether oxygens (including phenoxy) is 2. The molecule has 0 saturated heterocycles. The van der Waals surface area contributed by atoms with Crippen LogP contribution >= 0.6 is 0 Å². The van der Waals surface area contributed by atoms with Crippen LogP contribution in [0.5, 0.6) is 17.2 Å². The summed E-state index contributed by atoms with van der Waals surface area (Å²) in [6, 6.07) is 12.9. The van der Waals surface area contributed by atoms with E-state index < -0.39 is 0 Å². The Morgan fingerprint density at radius 3 is 2.61 bits per heavy atom. The van der Waals surface area contributed by atoms with Crippen molar-refractivity contribution in [2.24, 2.45) is 0 Å². The van der Waals surface area contributed by atoms with Crippen molar-refractivity contribution in [3.05, 3.63) is 48.0 Å². The van der Waals surface area contributed by atoms with Crippen LogP contribution in [0.2, 0.25) is 0 Å². The zero-order valence-corrected chi connectivity index (χ0v) is 9.72. The number of phenolic OH excluding ortho intramolecular Hbond substituents is 1. The summed E-state index contributed by atoms with van der Waals surface area (Å²) in [6.07, 6.45) is 0. The summed E-state index contributed by atoms with van der Waals surface area (Å²) in [5.74, 6) is 1.83. The lowest BCUT2D eigenvalue weighted by Crippen LogP contribution is -1.98. The van der Waals surface area contributed by atoms with Crippen molar-refractivity contribution < 1.29 is 14.6 Å². The van der Waals surface area contributed by atoms with Crippen LogP contribution in [0.25, 0.3) is 0 Å². The predicted molar refractivity (Wildman–Crippen MR) is 68.0 cm³/mol. The van der Waals surface area contributed by atoms with Crippen LogP contribution in [0.1, 0.15) is 5.56 Å². The second-order valence-corrected chi connectivity index (χ2v) is 4.09. The highest BCUT2D eigenvalue weighted by Crippen LogP contribution is 2.34. The van der Waals surface area contributed by atoms with Gasteiger partial charge in [0.05, 0.1) is 0 Å². The van der Waals surface area contributed by atoms with Crippen molar-refractivity contribution in [1.29, 1.82) is 0 Å². The van der Waals surface area contributed by atoms with E-state index in [1.807, 2.05) is 30.3 Å². The highest BCUT2D eigenvalue weighted by molar-refractivity contribution is 5.55. The van der Waals surface area contributed by atoms with Crippen molar-refractivity contribution in [1.82, 2.24) is 0 Å². The molecular formula is C14H13NO3. The van der Waals surface area contributed by atoms with Gasteiger partial charge in [0.1, 0.15) is 5.75 Å². The fourth-order valence-electron chi connectivity index (χ4n) is 1.82. The van der Waals surface area contributed by atoms with Crippen molar-refractivity contribution in [3.63, 3.8) is 0 Å². The molecule has 0 bridgehead atoms. The van der Waals surface area contributed by atoms with Gasteiger partial charge >= 0.3 is 0 Å². The minimum Gasteiger partial charge on any atom is -0.508 e. The number of aromatic hydroxyl groups is 1. The van der Waals surface area contributed by atoms with E-state index >= 15 is 0 Å². The summed E-state index contributed by atoms with van der Waals surface area (Å²) >= 11 is 0. The second-order valence-electron chi connectivity index (χ2n) is 4.09. The molecule has 4 heteroatoms. The predicted octanol–water partition coefficient (Wildman–Crippen LogP) is 2.73. The quantitative estimate of drug-likeness (QED) is 0.870. The van der Waals surface area contributed by atoms with Crippen LogP contribution in [0.15, 0.2) is 42.5 Å². The molecular weight excluding hydrogens is 230 g/mol. The third-order valence-electron chi connectivity index (χ3n) is 2.81. The van der Waals surface area contributed by atoms with Gasteiger partial charge in [-0.15, -0.1) is 0 Å². The smallest absolute Gasteiger partial charge is 0.231 e. The minimum atomic E-state index is 0.279. The fourth-order valence-corrected chi connectivity index (χ4v) is 1.82. The Morgan fingerprint density at radius 1 is 1.00 bits per heavy atom. The molecule has 4 nitrogen and oxygen atoms in total. The molecule has 3 rings (SSSR count). The van der Waals surface area contributed by atoms with Crippen molar-refractivity contribution in [2.45, 2.75) is 6.54 Å². The minimum absolute atomic E-state index is 0.279. The summed E-state index contributed by atoms with van der Waals surface area (Å²) in [7, 11) is 0. The Balaban J connectivity index is 1.68. The van der Waals surface area contributed by atoms with Crippen LogP contribution in [0.4, 0.5) is 5.69 Å². The zero-order chi connectivity index (χ0) is 12.4. The van der Waals surface area contributed by atoms with Crippen molar-refractivity contribution >= 4 is 5.69 Å². The van der Waals surface area contributed by atoms with Crippen molar-refractivity contribution in [3.8, 4) is 17.2 Å². The van der Waals surface area contributed by atoms with Gasteiger partial charge in [-0.2, -0.15) is 0 Å². The highest BCUT2D eigenvalue weighted by atomic mass is 16.7. The number of phenols is 1. The van der Waals surface area contributed by atoms with Gasteiger partial charge in [-0.1, -0.05) is 12.1 Å². The largest absolute Gasteiger partial charge is 0.508 e. The molecule has 2 N–H and O–H groups in total. The molecule has 1 aliphatic rings. The first-order chi connectivity index (χ1) is 8.81. The molecule has 0 radical (unpaired) electrons. The Kier molecular flexibility index (Phi) is 2.68. The average Bonchev–Trinajstić information content (AvgIpc) is 2.85. The van der Waals surface area contributed by atoms with Gasteiger partial charge in [-0.3, -0.25) is 0 Å². The normalized spacial score (nSPS) is 12.4. The van der Waals surface area contributed by atoms with E-state index in [0.29, 0.717) is 6.54 Å². The van der Waals surface area contributed by atoms with E-state index in [-0.39, 0.29) is 12.5 Å². The second kappa shape index (κ2) is 4.49. The summed E-state index contributed by atoms with van der Waals surface area (Å²) in [5, 5.41) is 12.5. The van der Waals surface area contributed by atoms with Gasteiger partial charge in [-0.25, -0.2) is 0 Å². The number of hydrogen-bond acceptors (Lipinski definition) is 4. The molecule has 1 heterocycles. The molecule has 92 valence electrons. The molecule has 0 atom stereocenters. The molecule has 0 spiro atoms. The van der Waals surface area contributed by atoms with Crippen LogP contribution in [-0.4, -0.2) is 11.9 Å². The van der Waals surface area contributed by atoms with E-state index in [1.165, 1.54) is 0 Å². The Labute approximate surface area is 105 Å². The summed E-state index contributed by atoms with van der Waals surface area (Å²) < 4.78 is 10.6. The molecule has 0 unspecified atom stereocenters. The lowest BCUT2D eigenvalue weighted by molar-refractivity contribution is 0.174. The Bertz CT molecular complexity index is 551. The summed E-state index contributed by atoms with van der Waals surface area (Å²) in [5.41, 5.74) is 2.08. The molecule has 0 saturated carbocycles. The van der Waals surface area contributed by atoms with Gasteiger partial charge < -0.3 is 19.9 Å². The number of benzene rings is 2. The lowest BCUT2D eigenvalue weighted by Gasteiger charge is -2.07. The van der Waals surface area contributed by atoms with E-state index in [2.05, 4.69) is 5.32 Å². The third-order valence-corrected chi connectivity index (χ3v) is 2.81. The van der Waals surface area contributed by atoms with Gasteiger partial charge in [-0.05, 0) is 29.8 Å². The monoisotopic (exact) mass is 243 g/mol. The first-order valence-corrected chi connectivity index (χ1v) is 5.73. The Hall–Kier alpha value is -2.36. The van der Waals surface area contributed by atoms with E-state index in [9.17, 15) is 5.11 Å². The molecule has 1 aliphatic heterocycles. The SMILES string of the molecule is Oc1ccc(CNc2ccc3c(c2)OCO3)cc1. The lowest BCUT2D eigenvalue weighted by atomic mass is 10.2. The summed E-state index contributed by atoms with van der Waals surface area (Å²) in [6.45, 7) is 0.983. The van der Waals surface area contributed by atoms with Gasteiger partial charge in [0, 0.05) is 18.3 Å². The summed E-state index contributed by atoms with van der Waals surface area (Å²) in [4.78, 5) is 0. The first kappa shape index (κ1) is 10.8. The molecule has 0 fully saturated rings. The third kappa shape index (κ3) is 2.18. The maximum absolute atomic E-state index is 9.20. The molecule has 0 aliphatic carbocycles. The van der Waals surface area contributed by atoms with E-state index in [1.54, 1.807) is 12.1 Å². The van der Waals surface area contributed by atoms with Gasteiger partial charge in [0.25, 0.3) is 0 Å². The standard InChI is InChI=1S/C14H13NO3/c16-12-4-1-10(2-5-12)8-15-11-3-6-13-14(7-11)18-9-17-13/h1-7,15-16H,8-9H2. The molecule has 2 aromatic rings. The fraction of sp³-hybridized carbons (Fsp3) is 0.143. The number of rotatable bonds is 3. The highest BCUT2D eigenvalue weighted by Gasteiger charge is 2.12. The van der Waals surface area contributed by atoms with Crippen LogP contribution in [-0.2, 0) is 6.54 Å². The van der Waals surface area contributed by atoms with Gasteiger partial charge in [0.2, 0.25) is 6.79 Å². The van der Waals surface area contributed by atoms with Crippen LogP contribution < -0.4 is 14.8 Å². The first-order valence-electron chi connectivity index (χ1n) is 5.73. The number of hydrogen-bond donors (Lipinski definition) is 2. The zero-order valence-electron chi connectivity index (χ0n) is 9.72. The topological polar surface area (TPSA) is 50.7 Å². The van der Waals surface area contributed by atoms with Crippen LogP contribution in [0.3, 0.4) is 0 Å². The Morgan fingerprint density at radius 2 is 1.78 bits per heavy atom. The van der Waals surface area contributed by atoms with Crippen molar-refractivity contribution in [2.75, 3.05) is 12.1 Å². The van der Waals surface area contributed by atoms with E-state index in [0.717, 1.165) is 22.7 Å². The molecule has 0 amide bonds. The maximum atomic E-state index is 9.20.